The fraction of sp³-hybridized carbons (Fsp3) is 0.400. The number of aliphatic carboxylic acids is 4. The number of hydrogen-bond acceptors (Lipinski definition) is 12. The minimum absolute atomic E-state index is 0.269. The summed E-state index contributed by atoms with van der Waals surface area (Å²) in [5, 5.41) is 36.3. The predicted molar refractivity (Wildman–Crippen MR) is 169 cm³/mol. The molecule has 1 saturated heterocycles. The Balaban J connectivity index is 0.000000634. The van der Waals surface area contributed by atoms with Crippen LogP contribution in [-0.2, 0) is 46.3 Å². The topological polar surface area (TPSA) is 335 Å². The number of primary amides is 1. The first-order valence-corrected chi connectivity index (χ1v) is 14.2. The number of carboxylic acids is 4. The second kappa shape index (κ2) is 23.4. The molecule has 17 nitrogen and oxygen atoms in total. The summed E-state index contributed by atoms with van der Waals surface area (Å²) in [6, 6.07) is 14.3. The van der Waals surface area contributed by atoms with Gasteiger partial charge in [0, 0.05) is 0 Å². The molecule has 2 aromatic carbocycles. The second-order valence-electron chi connectivity index (χ2n) is 10.1. The molecule has 0 radical (unpaired) electrons. The van der Waals surface area contributed by atoms with E-state index in [0.29, 0.717) is 12.8 Å². The average molecular weight is 665 g/mol. The van der Waals surface area contributed by atoms with Crippen LogP contribution in [0.25, 0.3) is 0 Å². The number of nitrogens with one attached hydrogen (secondary N) is 1. The Bertz CT molecular complexity index is 1260. The number of esters is 1. The lowest BCUT2D eigenvalue weighted by Gasteiger charge is -2.13. The molecule has 3 rings (SSSR count). The lowest BCUT2D eigenvalue weighted by atomic mass is 10.1. The van der Waals surface area contributed by atoms with E-state index >= 15 is 0 Å². The van der Waals surface area contributed by atoms with Crippen LogP contribution in [0.4, 0.5) is 0 Å². The van der Waals surface area contributed by atoms with Crippen LogP contribution < -0.4 is 34.0 Å². The number of rotatable bonds is 13. The van der Waals surface area contributed by atoms with Gasteiger partial charge in [-0.25, -0.2) is 0 Å². The van der Waals surface area contributed by atoms with Crippen LogP contribution in [0.3, 0.4) is 0 Å². The molecule has 1 aliphatic rings. The molecule has 0 aliphatic carbocycles. The molecule has 5 atom stereocenters. The number of carbonyl (C=O) groups is 6. The molecule has 1 fully saturated rings. The largest absolute Gasteiger partial charge is 0.480 e. The van der Waals surface area contributed by atoms with E-state index in [-0.39, 0.29) is 19.1 Å². The molecular formula is C30H44N6O11. The highest BCUT2D eigenvalue weighted by Crippen LogP contribution is 2.04. The van der Waals surface area contributed by atoms with Crippen molar-refractivity contribution in [2.24, 2.45) is 28.7 Å². The zero-order valence-electron chi connectivity index (χ0n) is 25.6. The Hall–Kier alpha value is -4.94. The second-order valence-corrected chi connectivity index (χ2v) is 10.1. The van der Waals surface area contributed by atoms with Gasteiger partial charge in [-0.2, -0.15) is 0 Å². The van der Waals surface area contributed by atoms with E-state index in [9.17, 15) is 28.8 Å². The zero-order chi connectivity index (χ0) is 35.9. The highest BCUT2D eigenvalue weighted by atomic mass is 16.5. The van der Waals surface area contributed by atoms with Crippen molar-refractivity contribution in [1.82, 2.24) is 5.32 Å². The van der Waals surface area contributed by atoms with Crippen LogP contribution in [0.5, 0.6) is 0 Å². The molecule has 0 saturated carbocycles. The molecule has 1 heterocycles. The summed E-state index contributed by atoms with van der Waals surface area (Å²) < 4.78 is 4.73. The van der Waals surface area contributed by atoms with Gasteiger partial charge in [0.15, 0.2) is 0 Å². The highest BCUT2D eigenvalue weighted by molar-refractivity contribution is 5.83. The van der Waals surface area contributed by atoms with E-state index in [4.69, 9.17) is 48.1 Å². The molecule has 1 amide bonds. The van der Waals surface area contributed by atoms with Gasteiger partial charge >= 0.3 is 29.8 Å². The fourth-order valence-electron chi connectivity index (χ4n) is 3.46. The van der Waals surface area contributed by atoms with Crippen LogP contribution in [0, 0.1) is 0 Å². The molecule has 2 aromatic rings. The smallest absolute Gasteiger partial charge is 0.324 e. The summed E-state index contributed by atoms with van der Waals surface area (Å²) in [5.74, 6) is -5.48. The van der Waals surface area contributed by atoms with E-state index in [0.717, 1.165) is 30.5 Å². The van der Waals surface area contributed by atoms with Gasteiger partial charge < -0.3 is 59.1 Å². The summed E-state index contributed by atoms with van der Waals surface area (Å²) in [6.45, 7) is 0.480. The molecule has 260 valence electrons. The van der Waals surface area contributed by atoms with Crippen molar-refractivity contribution >= 4 is 35.8 Å². The van der Waals surface area contributed by atoms with E-state index in [2.05, 4.69) is 11.1 Å². The van der Waals surface area contributed by atoms with Crippen molar-refractivity contribution in [3.63, 3.8) is 0 Å². The molecule has 17 heteroatoms. The number of ether oxygens (including phenoxy) is 1. The van der Waals surface area contributed by atoms with Crippen LogP contribution in [0.2, 0.25) is 0 Å². The maximum absolute atomic E-state index is 11.5. The number of carbonyl (C=O) groups excluding carboxylic acids is 2. The van der Waals surface area contributed by atoms with Crippen LogP contribution in [0.1, 0.15) is 30.4 Å². The van der Waals surface area contributed by atoms with Gasteiger partial charge in [0.1, 0.15) is 36.8 Å². The summed E-state index contributed by atoms with van der Waals surface area (Å²) in [5.41, 5.74) is 27.6. The van der Waals surface area contributed by atoms with Crippen molar-refractivity contribution in [2.75, 3.05) is 13.2 Å². The average Bonchev–Trinajstić information content (AvgIpc) is 3.57. The quantitative estimate of drug-likeness (QED) is 0.106. The van der Waals surface area contributed by atoms with Crippen LogP contribution in [0.15, 0.2) is 60.7 Å². The molecule has 0 bridgehead atoms. The van der Waals surface area contributed by atoms with Crippen molar-refractivity contribution in [2.45, 2.75) is 62.3 Å². The predicted octanol–water partition coefficient (Wildman–Crippen LogP) is -1.75. The third-order valence-electron chi connectivity index (χ3n) is 6.04. The summed E-state index contributed by atoms with van der Waals surface area (Å²) in [4.78, 5) is 62.3. The first-order valence-electron chi connectivity index (χ1n) is 14.2. The standard InChI is InChI=1S/C12H16N2O4.C9H11NO2.C5H9NO2.C4H8N2O3/c13-9(6-8-4-2-1-3-5-8)12(17)18-7-10(14)11(15)16;10-8(9(11)12)6-7-4-2-1-3-5-7;7-5(8)4-2-1-3-6-4;5-2(4(8)9)1-3(6)7/h1-5,9-10H,6-7,13-14H2,(H,15,16);1-5,8H,6,10H2,(H,11,12);4,6H,1-3H2,(H,7,8);2H,1,5H2,(H2,6,7)(H,8,9)/t9-,10-;8-;4-;2-/m0000/s1. The SMILES string of the molecule is NC(=O)C[C@H](N)C(=O)O.N[C@@H](COC(=O)[C@@H](N)Cc1ccccc1)C(=O)O.N[C@@H](Cc1ccccc1)C(=O)O.O=C(O)[C@@H]1CCCN1. The maximum atomic E-state index is 11.5. The zero-order valence-corrected chi connectivity index (χ0v) is 25.6. The molecular weight excluding hydrogens is 620 g/mol. The van der Waals surface area contributed by atoms with Crippen LogP contribution >= 0.6 is 0 Å². The molecule has 0 aromatic heterocycles. The van der Waals surface area contributed by atoms with E-state index in [1.807, 2.05) is 60.7 Å². The van der Waals surface area contributed by atoms with Crippen LogP contribution in [-0.4, -0.2) is 99.5 Å². The molecule has 0 unspecified atom stereocenters. The van der Waals surface area contributed by atoms with E-state index < -0.39 is 59.9 Å². The normalized spacial score (nSPS) is 15.6. The minimum Gasteiger partial charge on any atom is -0.480 e. The Kier molecular flexibility index (Phi) is 20.9. The first-order chi connectivity index (χ1) is 22.0. The molecule has 47 heavy (non-hydrogen) atoms. The number of amides is 1. The van der Waals surface area contributed by atoms with Gasteiger partial charge in [0.2, 0.25) is 5.91 Å². The van der Waals surface area contributed by atoms with Crippen molar-refractivity contribution in [3.8, 4) is 0 Å². The van der Waals surface area contributed by atoms with Crippen molar-refractivity contribution < 1.29 is 53.9 Å². The molecule has 15 N–H and O–H groups in total. The van der Waals surface area contributed by atoms with Gasteiger partial charge in [0.05, 0.1) is 6.42 Å². The monoisotopic (exact) mass is 664 g/mol. The van der Waals surface area contributed by atoms with Crippen molar-refractivity contribution in [1.29, 1.82) is 0 Å². The van der Waals surface area contributed by atoms with Gasteiger partial charge in [-0.05, 0) is 43.4 Å². The third kappa shape index (κ3) is 20.7. The van der Waals surface area contributed by atoms with Gasteiger partial charge in [-0.15, -0.1) is 0 Å². The minimum atomic E-state index is -1.22. The third-order valence-corrected chi connectivity index (χ3v) is 6.04. The number of carboxylic acid groups (broad SMARTS) is 4. The van der Waals surface area contributed by atoms with E-state index in [1.54, 1.807) is 0 Å². The molecule has 0 spiro atoms. The lowest BCUT2D eigenvalue weighted by molar-refractivity contribution is -0.149. The maximum Gasteiger partial charge on any atom is 0.324 e. The number of nitrogens with two attached hydrogens (primary N) is 5. The Morgan fingerprint density at radius 1 is 0.702 bits per heavy atom. The van der Waals surface area contributed by atoms with Gasteiger partial charge in [-0.3, -0.25) is 28.8 Å². The van der Waals surface area contributed by atoms with Crippen molar-refractivity contribution in [3.05, 3.63) is 71.8 Å². The Morgan fingerprint density at radius 3 is 1.47 bits per heavy atom. The summed E-state index contributed by atoms with van der Waals surface area (Å²) in [6.07, 6.45) is 2.19. The number of benzene rings is 2. The molecule has 1 aliphatic heterocycles. The van der Waals surface area contributed by atoms with Gasteiger partial charge in [0.25, 0.3) is 0 Å². The van der Waals surface area contributed by atoms with E-state index in [1.165, 1.54) is 0 Å². The summed E-state index contributed by atoms with van der Waals surface area (Å²) in [7, 11) is 0. The van der Waals surface area contributed by atoms with Gasteiger partial charge in [-0.1, -0.05) is 60.7 Å². The first kappa shape index (κ1) is 42.1. The Morgan fingerprint density at radius 2 is 1.15 bits per heavy atom. The lowest BCUT2D eigenvalue weighted by Crippen LogP contribution is -2.40. The fourth-order valence-corrected chi connectivity index (χ4v) is 3.46. The summed E-state index contributed by atoms with van der Waals surface area (Å²) >= 11 is 0. The highest BCUT2D eigenvalue weighted by Gasteiger charge is 2.21. The Labute approximate surface area is 271 Å². The number of hydrogen-bond donors (Lipinski definition) is 10.